The number of hydrogen-bond acceptors (Lipinski definition) is 3. The minimum absolute atomic E-state index is 0.128. The second-order valence-corrected chi connectivity index (χ2v) is 13.4. The van der Waals surface area contributed by atoms with Gasteiger partial charge in [0.05, 0.1) is 0 Å². The Bertz CT molecular complexity index is 647. The fraction of sp³-hybridized carbons (Fsp3) is 0.739. The van der Waals surface area contributed by atoms with Crippen LogP contribution in [0.3, 0.4) is 0 Å². The number of ether oxygens (including phenoxy) is 2. The van der Waals surface area contributed by atoms with E-state index in [1.54, 1.807) is 0 Å². The zero-order valence-electron chi connectivity index (χ0n) is 17.5. The quantitative estimate of drug-likeness (QED) is 0.672. The van der Waals surface area contributed by atoms with E-state index in [0.29, 0.717) is 33.6 Å². The Morgan fingerprint density at radius 3 is 2.63 bits per heavy atom. The van der Waals surface area contributed by atoms with Gasteiger partial charge in [-0.15, -0.1) is 0 Å². The van der Waals surface area contributed by atoms with Gasteiger partial charge >= 0.3 is 171 Å². The summed E-state index contributed by atoms with van der Waals surface area (Å²) in [6, 6.07) is 10.9. The Labute approximate surface area is 171 Å². The molecule has 0 aromatic heterocycles. The Balaban J connectivity index is 1.50. The molecule has 1 aromatic rings. The molecule has 3 nitrogen and oxygen atoms in total. The summed E-state index contributed by atoms with van der Waals surface area (Å²) in [5.74, 6) is 1.44. The molecule has 0 bridgehead atoms. The molecule has 0 unspecified atom stereocenters. The molecule has 5 atom stereocenters. The topological polar surface area (TPSA) is 21.7 Å². The van der Waals surface area contributed by atoms with Crippen LogP contribution in [0.15, 0.2) is 30.3 Å². The average molecular weight is 436 g/mol. The number of nitrogens with zero attached hydrogens (tertiary/aromatic N) is 1. The first-order chi connectivity index (χ1) is 12.8. The van der Waals surface area contributed by atoms with Crippen LogP contribution in [0.4, 0.5) is 0 Å². The summed E-state index contributed by atoms with van der Waals surface area (Å²) in [5.41, 5.74) is 0.186. The Hall–Kier alpha value is -0.381. The standard InChI is InChI=1S/C23H35NO2Se/c1-16-11-12-18-19(13-16)26-21-15-25-20(14-24(21)22(18,2)3)23(4,5)27-17-9-7-6-8-10-17/h6-10,16,18-21H,11-15H2,1-5H3/t16-,18-,19-,20+,21+/m1/s1. The molecule has 3 aliphatic rings. The van der Waals surface area contributed by atoms with Crippen LogP contribution in [0.1, 0.15) is 53.9 Å². The van der Waals surface area contributed by atoms with Crippen LogP contribution in [0.2, 0.25) is 4.31 Å². The molecule has 1 aromatic carbocycles. The van der Waals surface area contributed by atoms with Gasteiger partial charge in [0.15, 0.2) is 0 Å². The molecule has 2 saturated heterocycles. The summed E-state index contributed by atoms with van der Waals surface area (Å²) in [4.78, 5) is 2.64. The van der Waals surface area contributed by atoms with Gasteiger partial charge in [-0.05, 0) is 0 Å². The molecule has 1 aliphatic carbocycles. The summed E-state index contributed by atoms with van der Waals surface area (Å²) < 4.78 is 14.6. The number of morpholine rings is 1. The molecule has 4 rings (SSSR count). The molecule has 2 aliphatic heterocycles. The van der Waals surface area contributed by atoms with Crippen LogP contribution >= 0.6 is 0 Å². The van der Waals surface area contributed by atoms with Crippen molar-refractivity contribution in [3.8, 4) is 0 Å². The number of rotatable bonds is 3. The van der Waals surface area contributed by atoms with Crippen LogP contribution < -0.4 is 4.46 Å². The first-order valence-electron chi connectivity index (χ1n) is 10.6. The minimum atomic E-state index is 0.128. The van der Waals surface area contributed by atoms with Crippen LogP contribution in [0.25, 0.3) is 0 Å². The summed E-state index contributed by atoms with van der Waals surface area (Å²) in [5, 5.41) is 0. The predicted molar refractivity (Wildman–Crippen MR) is 112 cm³/mol. The fourth-order valence-electron chi connectivity index (χ4n) is 5.34. The predicted octanol–water partition coefficient (Wildman–Crippen LogP) is 3.86. The third-order valence-corrected chi connectivity index (χ3v) is 9.80. The van der Waals surface area contributed by atoms with Gasteiger partial charge in [0.1, 0.15) is 0 Å². The van der Waals surface area contributed by atoms with E-state index in [9.17, 15) is 0 Å². The molecule has 0 radical (unpaired) electrons. The van der Waals surface area contributed by atoms with Crippen molar-refractivity contribution in [1.29, 1.82) is 0 Å². The maximum atomic E-state index is 6.59. The molecule has 4 heteroatoms. The third-order valence-electron chi connectivity index (χ3n) is 7.08. The number of benzene rings is 1. The van der Waals surface area contributed by atoms with Crippen molar-refractivity contribution in [3.05, 3.63) is 30.3 Å². The van der Waals surface area contributed by atoms with Crippen molar-refractivity contribution in [2.45, 2.75) is 82.2 Å². The van der Waals surface area contributed by atoms with Crippen molar-refractivity contribution in [2.24, 2.45) is 11.8 Å². The molecule has 1 saturated carbocycles. The van der Waals surface area contributed by atoms with Crippen LogP contribution in [-0.2, 0) is 9.47 Å². The van der Waals surface area contributed by atoms with Gasteiger partial charge in [-0.3, -0.25) is 0 Å². The van der Waals surface area contributed by atoms with Gasteiger partial charge in [0.25, 0.3) is 0 Å². The molecule has 0 N–H and O–H groups in total. The van der Waals surface area contributed by atoms with E-state index in [1.165, 1.54) is 23.7 Å². The van der Waals surface area contributed by atoms with E-state index in [1.807, 2.05) is 0 Å². The molecule has 2 heterocycles. The summed E-state index contributed by atoms with van der Waals surface area (Å²) >= 11 is 0.384. The van der Waals surface area contributed by atoms with Crippen LogP contribution in [0.5, 0.6) is 0 Å². The Morgan fingerprint density at radius 1 is 1.15 bits per heavy atom. The third kappa shape index (κ3) is 3.89. The fourth-order valence-corrected chi connectivity index (χ4v) is 7.80. The van der Waals surface area contributed by atoms with Gasteiger partial charge in [-0.1, -0.05) is 0 Å². The second kappa shape index (κ2) is 7.46. The zero-order chi connectivity index (χ0) is 19.2. The van der Waals surface area contributed by atoms with Gasteiger partial charge in [-0.2, -0.15) is 0 Å². The first kappa shape index (κ1) is 19.9. The molecule has 150 valence electrons. The van der Waals surface area contributed by atoms with Gasteiger partial charge in [0, 0.05) is 0 Å². The van der Waals surface area contributed by atoms with Gasteiger partial charge in [-0.25, -0.2) is 0 Å². The second-order valence-electron chi connectivity index (χ2n) is 9.80. The van der Waals surface area contributed by atoms with E-state index in [0.717, 1.165) is 12.5 Å². The van der Waals surface area contributed by atoms with Crippen molar-refractivity contribution < 1.29 is 9.47 Å². The first-order valence-corrected chi connectivity index (χ1v) is 12.3. The normalized spacial score (nSPS) is 36.7. The van der Waals surface area contributed by atoms with Gasteiger partial charge in [0.2, 0.25) is 0 Å². The van der Waals surface area contributed by atoms with E-state index >= 15 is 0 Å². The molecule has 3 fully saturated rings. The van der Waals surface area contributed by atoms with Crippen molar-refractivity contribution in [3.63, 3.8) is 0 Å². The zero-order valence-corrected chi connectivity index (χ0v) is 19.2. The van der Waals surface area contributed by atoms with Crippen molar-refractivity contribution >= 4 is 19.4 Å². The number of hydrogen-bond donors (Lipinski definition) is 0. The summed E-state index contributed by atoms with van der Waals surface area (Å²) in [7, 11) is 0. The van der Waals surface area contributed by atoms with E-state index in [2.05, 4.69) is 69.9 Å². The van der Waals surface area contributed by atoms with Crippen LogP contribution in [-0.4, -0.2) is 57.0 Å². The molecular formula is C23H35NO2Se. The van der Waals surface area contributed by atoms with Gasteiger partial charge < -0.3 is 0 Å². The number of fused-ring (bicyclic) bond motifs is 2. The SMILES string of the molecule is C[C@@H]1CC[C@@H]2[C@@H](C1)O[C@H]1CO[C@H](C(C)(C)[Se]c3ccccc3)CN1C2(C)C. The van der Waals surface area contributed by atoms with E-state index in [4.69, 9.17) is 9.47 Å². The van der Waals surface area contributed by atoms with Crippen LogP contribution in [0, 0.1) is 11.8 Å². The van der Waals surface area contributed by atoms with E-state index in [-0.39, 0.29) is 22.2 Å². The van der Waals surface area contributed by atoms with Crippen molar-refractivity contribution in [1.82, 2.24) is 4.90 Å². The Kier molecular flexibility index (Phi) is 5.50. The monoisotopic (exact) mass is 437 g/mol. The average Bonchev–Trinajstić information content (AvgIpc) is 2.61. The Morgan fingerprint density at radius 2 is 1.89 bits per heavy atom. The maximum absolute atomic E-state index is 6.59. The van der Waals surface area contributed by atoms with Crippen molar-refractivity contribution in [2.75, 3.05) is 13.2 Å². The summed E-state index contributed by atoms with van der Waals surface area (Å²) in [6.45, 7) is 13.7. The summed E-state index contributed by atoms with van der Waals surface area (Å²) in [6.07, 6.45) is 4.65. The molecule has 27 heavy (non-hydrogen) atoms. The molecule has 0 spiro atoms. The molecular weight excluding hydrogens is 401 g/mol. The molecule has 0 amide bonds. The van der Waals surface area contributed by atoms with E-state index < -0.39 is 0 Å².